The van der Waals surface area contributed by atoms with Crippen molar-refractivity contribution in [2.75, 3.05) is 0 Å². The first kappa shape index (κ1) is 13.8. The zero-order valence-electron chi connectivity index (χ0n) is 12.8. The van der Waals surface area contributed by atoms with E-state index in [1.54, 1.807) is 0 Å². The van der Waals surface area contributed by atoms with E-state index < -0.39 is 0 Å². The summed E-state index contributed by atoms with van der Waals surface area (Å²) in [4.78, 5) is 4.26. The van der Waals surface area contributed by atoms with Crippen molar-refractivity contribution in [3.8, 4) is 0 Å². The molecule has 3 aromatic rings. The molecule has 0 bridgehead atoms. The van der Waals surface area contributed by atoms with E-state index in [0.29, 0.717) is 5.92 Å². The molecule has 0 amide bonds. The highest BCUT2D eigenvalue weighted by atomic mass is 16.3. The first-order chi connectivity index (χ1) is 10.8. The van der Waals surface area contributed by atoms with Crippen molar-refractivity contribution in [1.82, 2.24) is 9.38 Å². The van der Waals surface area contributed by atoms with Gasteiger partial charge in [-0.2, -0.15) is 0 Å². The van der Waals surface area contributed by atoms with Crippen LogP contribution in [0.25, 0.3) is 16.3 Å². The summed E-state index contributed by atoms with van der Waals surface area (Å²) in [5, 5.41) is 13.1. The number of imidazole rings is 1. The molecule has 0 spiro atoms. The molecule has 1 N–H and O–H groups in total. The van der Waals surface area contributed by atoms with E-state index in [4.69, 9.17) is 0 Å². The van der Waals surface area contributed by atoms with Crippen LogP contribution in [0.15, 0.2) is 43.0 Å². The van der Waals surface area contributed by atoms with Gasteiger partial charge in [-0.15, -0.1) is 0 Å². The standard InChI is InChI=1S/C19H22N2O/c22-19(14-6-2-1-3-7-14)10-15-12-21-13-20-11-18(21)17-9-5-4-8-16(15)17/h4-5,8-9,11-14,19,22H,1-3,6-7,10H2. The van der Waals surface area contributed by atoms with Crippen LogP contribution in [0.1, 0.15) is 37.7 Å². The number of pyridine rings is 1. The minimum Gasteiger partial charge on any atom is -0.392 e. The zero-order chi connectivity index (χ0) is 14.9. The van der Waals surface area contributed by atoms with Gasteiger partial charge in [-0.3, -0.25) is 0 Å². The summed E-state index contributed by atoms with van der Waals surface area (Å²) in [6.45, 7) is 0. The van der Waals surface area contributed by atoms with Crippen LogP contribution in [-0.2, 0) is 6.42 Å². The van der Waals surface area contributed by atoms with Gasteiger partial charge < -0.3 is 9.51 Å². The fourth-order valence-electron chi connectivity index (χ4n) is 3.91. The largest absolute Gasteiger partial charge is 0.392 e. The molecule has 1 aromatic carbocycles. The van der Waals surface area contributed by atoms with Gasteiger partial charge in [-0.1, -0.05) is 43.5 Å². The third-order valence-corrected chi connectivity index (χ3v) is 5.13. The van der Waals surface area contributed by atoms with Crippen molar-refractivity contribution in [2.24, 2.45) is 5.92 Å². The lowest BCUT2D eigenvalue weighted by molar-refractivity contribution is 0.0853. The van der Waals surface area contributed by atoms with Gasteiger partial charge >= 0.3 is 0 Å². The quantitative estimate of drug-likeness (QED) is 0.793. The van der Waals surface area contributed by atoms with Gasteiger partial charge in [0.25, 0.3) is 0 Å². The van der Waals surface area contributed by atoms with Gasteiger partial charge in [0.15, 0.2) is 0 Å². The maximum atomic E-state index is 10.7. The number of nitrogens with zero attached hydrogens (tertiary/aromatic N) is 2. The number of fused-ring (bicyclic) bond motifs is 3. The molecule has 1 fully saturated rings. The molecule has 3 heteroatoms. The molecule has 0 aliphatic heterocycles. The molecule has 1 unspecified atom stereocenters. The molecule has 1 saturated carbocycles. The number of hydrogen-bond donors (Lipinski definition) is 1. The second-order valence-electron chi connectivity index (χ2n) is 6.56. The maximum absolute atomic E-state index is 10.7. The molecule has 3 nitrogen and oxygen atoms in total. The SMILES string of the molecule is OC(Cc1cn2cncc2c2ccccc12)C1CCCCC1. The lowest BCUT2D eigenvalue weighted by Gasteiger charge is -2.27. The Balaban J connectivity index is 1.73. The monoisotopic (exact) mass is 294 g/mol. The molecular weight excluding hydrogens is 272 g/mol. The van der Waals surface area contributed by atoms with Crippen molar-refractivity contribution in [1.29, 1.82) is 0 Å². The second-order valence-corrected chi connectivity index (χ2v) is 6.56. The smallest absolute Gasteiger partial charge is 0.0992 e. The molecule has 2 aromatic heterocycles. The van der Waals surface area contributed by atoms with Crippen molar-refractivity contribution in [2.45, 2.75) is 44.6 Å². The molecule has 0 radical (unpaired) electrons. The zero-order valence-corrected chi connectivity index (χ0v) is 12.8. The van der Waals surface area contributed by atoms with Crippen LogP contribution in [-0.4, -0.2) is 20.6 Å². The molecular formula is C19H22N2O. The number of rotatable bonds is 3. The number of hydrogen-bond acceptors (Lipinski definition) is 2. The third-order valence-electron chi connectivity index (χ3n) is 5.13. The van der Waals surface area contributed by atoms with Crippen LogP contribution in [0.4, 0.5) is 0 Å². The first-order valence-electron chi connectivity index (χ1n) is 8.33. The Hall–Kier alpha value is -1.87. The summed E-state index contributed by atoms with van der Waals surface area (Å²) in [5.41, 5.74) is 2.35. The highest BCUT2D eigenvalue weighted by molar-refractivity contribution is 5.97. The Morgan fingerprint density at radius 2 is 1.91 bits per heavy atom. The van der Waals surface area contributed by atoms with Gasteiger partial charge in [0, 0.05) is 18.0 Å². The average Bonchev–Trinajstić information content (AvgIpc) is 3.04. The highest BCUT2D eigenvalue weighted by Gasteiger charge is 2.22. The Kier molecular flexibility index (Phi) is 3.59. The summed E-state index contributed by atoms with van der Waals surface area (Å²) in [7, 11) is 0. The van der Waals surface area contributed by atoms with Crippen molar-refractivity contribution in [3.63, 3.8) is 0 Å². The molecule has 1 aliphatic carbocycles. The predicted octanol–water partition coefficient (Wildman–Crippen LogP) is 3.97. The van der Waals surface area contributed by atoms with Crippen LogP contribution in [0.3, 0.4) is 0 Å². The molecule has 1 atom stereocenters. The number of benzene rings is 1. The fourth-order valence-corrected chi connectivity index (χ4v) is 3.91. The summed E-state index contributed by atoms with van der Waals surface area (Å²) in [6.07, 6.45) is 12.6. The summed E-state index contributed by atoms with van der Waals surface area (Å²) >= 11 is 0. The van der Waals surface area contributed by atoms with Crippen LogP contribution < -0.4 is 0 Å². The van der Waals surface area contributed by atoms with Gasteiger partial charge in [0.1, 0.15) is 0 Å². The van der Waals surface area contributed by atoms with Crippen LogP contribution in [0, 0.1) is 5.92 Å². The first-order valence-corrected chi connectivity index (χ1v) is 8.33. The Morgan fingerprint density at radius 1 is 1.14 bits per heavy atom. The van der Waals surface area contributed by atoms with Crippen LogP contribution in [0.2, 0.25) is 0 Å². The van der Waals surface area contributed by atoms with E-state index in [1.807, 2.05) is 12.5 Å². The van der Waals surface area contributed by atoms with Crippen LogP contribution >= 0.6 is 0 Å². The summed E-state index contributed by atoms with van der Waals surface area (Å²) in [6, 6.07) is 8.44. The lowest BCUT2D eigenvalue weighted by Crippen LogP contribution is -2.25. The summed E-state index contributed by atoms with van der Waals surface area (Å²) < 4.78 is 2.07. The minimum atomic E-state index is -0.232. The number of aliphatic hydroxyl groups is 1. The predicted molar refractivity (Wildman–Crippen MR) is 89.0 cm³/mol. The lowest BCUT2D eigenvalue weighted by atomic mass is 9.83. The van der Waals surface area contributed by atoms with Gasteiger partial charge in [0.05, 0.1) is 24.1 Å². The molecule has 2 heterocycles. The highest BCUT2D eigenvalue weighted by Crippen LogP contribution is 2.30. The minimum absolute atomic E-state index is 0.232. The van der Waals surface area contributed by atoms with Crippen molar-refractivity contribution < 1.29 is 5.11 Å². The Morgan fingerprint density at radius 3 is 2.73 bits per heavy atom. The van der Waals surface area contributed by atoms with Gasteiger partial charge in [-0.25, -0.2) is 4.98 Å². The molecule has 22 heavy (non-hydrogen) atoms. The van der Waals surface area contributed by atoms with E-state index in [9.17, 15) is 5.11 Å². The van der Waals surface area contributed by atoms with E-state index in [-0.39, 0.29) is 6.10 Å². The Bertz CT molecular complexity index is 786. The van der Waals surface area contributed by atoms with E-state index in [2.05, 4.69) is 39.8 Å². The van der Waals surface area contributed by atoms with E-state index in [1.165, 1.54) is 48.4 Å². The van der Waals surface area contributed by atoms with Gasteiger partial charge in [0.2, 0.25) is 0 Å². The normalized spacial score (nSPS) is 18.0. The van der Waals surface area contributed by atoms with E-state index in [0.717, 1.165) is 11.9 Å². The Labute approximate surface area is 130 Å². The molecule has 114 valence electrons. The molecule has 1 aliphatic rings. The number of aliphatic hydroxyl groups excluding tert-OH is 1. The van der Waals surface area contributed by atoms with Crippen molar-refractivity contribution in [3.05, 3.63) is 48.5 Å². The average molecular weight is 294 g/mol. The van der Waals surface area contributed by atoms with Crippen LogP contribution in [0.5, 0.6) is 0 Å². The topological polar surface area (TPSA) is 37.5 Å². The third kappa shape index (κ3) is 2.40. The molecule has 4 rings (SSSR count). The van der Waals surface area contributed by atoms with Gasteiger partial charge in [-0.05, 0) is 29.7 Å². The summed E-state index contributed by atoms with van der Waals surface area (Å²) in [5.74, 6) is 0.464. The molecule has 0 saturated heterocycles. The number of aromatic nitrogens is 2. The van der Waals surface area contributed by atoms with E-state index >= 15 is 0 Å². The van der Waals surface area contributed by atoms with Crippen molar-refractivity contribution >= 4 is 16.3 Å². The maximum Gasteiger partial charge on any atom is 0.0992 e. The fraction of sp³-hybridized carbons (Fsp3) is 0.421. The second kappa shape index (κ2) is 5.73.